The molecule has 0 saturated carbocycles. The molecule has 0 aromatic carbocycles. The fourth-order valence-electron chi connectivity index (χ4n) is 2.20. The molecule has 0 spiro atoms. The van der Waals surface area contributed by atoms with Crippen LogP contribution in [0.3, 0.4) is 0 Å². The van der Waals surface area contributed by atoms with Crippen LogP contribution in [0.15, 0.2) is 12.3 Å². The largest absolute Gasteiger partial charge is 0.478 e. The molecule has 2 unspecified atom stereocenters. The number of carboxylic acids is 1. The SMILES string of the molecule is CC1CN(c2ncc(N)cc2C(=O)O)CC(CO)O1. The first-order valence-electron chi connectivity index (χ1n) is 6.01. The van der Waals surface area contributed by atoms with Crippen molar-refractivity contribution in [3.8, 4) is 0 Å². The van der Waals surface area contributed by atoms with Gasteiger partial charge in [0.25, 0.3) is 0 Å². The van der Waals surface area contributed by atoms with Gasteiger partial charge in [0.05, 0.1) is 30.7 Å². The number of aromatic carboxylic acids is 1. The van der Waals surface area contributed by atoms with Crippen molar-refractivity contribution in [1.29, 1.82) is 0 Å². The number of ether oxygens (including phenoxy) is 1. The van der Waals surface area contributed by atoms with Gasteiger partial charge in [0.1, 0.15) is 11.4 Å². The Hall–Kier alpha value is -1.86. The van der Waals surface area contributed by atoms with Gasteiger partial charge in [-0.05, 0) is 13.0 Å². The Labute approximate surface area is 110 Å². The van der Waals surface area contributed by atoms with Gasteiger partial charge in [0, 0.05) is 13.1 Å². The van der Waals surface area contributed by atoms with Gasteiger partial charge in [-0.1, -0.05) is 0 Å². The van der Waals surface area contributed by atoms with Crippen molar-refractivity contribution >= 4 is 17.5 Å². The number of nitrogens with zero attached hydrogens (tertiary/aromatic N) is 2. The van der Waals surface area contributed by atoms with Crippen molar-refractivity contribution in [3.05, 3.63) is 17.8 Å². The fraction of sp³-hybridized carbons (Fsp3) is 0.500. The Morgan fingerprint density at radius 1 is 1.63 bits per heavy atom. The van der Waals surface area contributed by atoms with E-state index in [0.717, 1.165) is 0 Å². The molecular weight excluding hydrogens is 250 g/mol. The Balaban J connectivity index is 2.32. The van der Waals surface area contributed by atoms with Crippen molar-refractivity contribution in [2.75, 3.05) is 30.3 Å². The molecule has 2 atom stereocenters. The Morgan fingerprint density at radius 3 is 3.00 bits per heavy atom. The van der Waals surface area contributed by atoms with E-state index in [1.54, 1.807) is 4.90 Å². The van der Waals surface area contributed by atoms with Gasteiger partial charge in [-0.15, -0.1) is 0 Å². The number of aliphatic hydroxyl groups is 1. The molecule has 0 amide bonds. The Kier molecular flexibility index (Phi) is 3.87. The number of hydrogen-bond donors (Lipinski definition) is 3. The number of carboxylic acid groups (broad SMARTS) is 1. The number of rotatable bonds is 3. The van der Waals surface area contributed by atoms with E-state index in [1.807, 2.05) is 6.92 Å². The molecule has 1 aliphatic rings. The lowest BCUT2D eigenvalue weighted by Crippen LogP contribution is -2.48. The topological polar surface area (TPSA) is 109 Å². The number of nitrogen functional groups attached to an aromatic ring is 1. The second kappa shape index (κ2) is 5.41. The van der Waals surface area contributed by atoms with E-state index >= 15 is 0 Å². The van der Waals surface area contributed by atoms with Crippen molar-refractivity contribution < 1.29 is 19.7 Å². The Morgan fingerprint density at radius 2 is 2.37 bits per heavy atom. The van der Waals surface area contributed by atoms with E-state index < -0.39 is 5.97 Å². The van der Waals surface area contributed by atoms with E-state index in [2.05, 4.69) is 4.98 Å². The van der Waals surface area contributed by atoms with Crippen LogP contribution in [0.25, 0.3) is 0 Å². The van der Waals surface area contributed by atoms with Crippen molar-refractivity contribution in [3.63, 3.8) is 0 Å². The number of morpholine rings is 1. The summed E-state index contributed by atoms with van der Waals surface area (Å²) in [7, 11) is 0. The first-order valence-corrected chi connectivity index (χ1v) is 6.01. The zero-order valence-electron chi connectivity index (χ0n) is 10.6. The van der Waals surface area contributed by atoms with Crippen LogP contribution in [-0.2, 0) is 4.74 Å². The molecule has 7 heteroatoms. The normalized spacial score (nSPS) is 23.4. The maximum Gasteiger partial charge on any atom is 0.339 e. The van der Waals surface area contributed by atoms with Crippen LogP contribution in [0.1, 0.15) is 17.3 Å². The smallest absolute Gasteiger partial charge is 0.339 e. The zero-order chi connectivity index (χ0) is 14.0. The van der Waals surface area contributed by atoms with Gasteiger partial charge in [-0.3, -0.25) is 0 Å². The van der Waals surface area contributed by atoms with E-state index in [0.29, 0.717) is 24.6 Å². The van der Waals surface area contributed by atoms with E-state index in [-0.39, 0.29) is 24.4 Å². The van der Waals surface area contributed by atoms with E-state index in [4.69, 9.17) is 10.5 Å². The van der Waals surface area contributed by atoms with Gasteiger partial charge < -0.3 is 25.6 Å². The maximum absolute atomic E-state index is 11.2. The summed E-state index contributed by atoms with van der Waals surface area (Å²) >= 11 is 0. The molecule has 0 radical (unpaired) electrons. The van der Waals surface area contributed by atoms with Crippen molar-refractivity contribution in [2.45, 2.75) is 19.1 Å². The first-order chi connectivity index (χ1) is 9.01. The number of hydrogen-bond acceptors (Lipinski definition) is 6. The molecule has 0 bridgehead atoms. The number of carbonyl (C=O) groups is 1. The van der Waals surface area contributed by atoms with Crippen LogP contribution >= 0.6 is 0 Å². The summed E-state index contributed by atoms with van der Waals surface area (Å²) in [5, 5.41) is 18.4. The monoisotopic (exact) mass is 267 g/mol. The molecule has 7 nitrogen and oxygen atoms in total. The van der Waals surface area contributed by atoms with Crippen LogP contribution in [0.4, 0.5) is 11.5 Å². The molecule has 1 saturated heterocycles. The predicted octanol–water partition coefficient (Wildman–Crippen LogP) is -0.0520. The van der Waals surface area contributed by atoms with Gasteiger partial charge in [0.2, 0.25) is 0 Å². The second-order valence-electron chi connectivity index (χ2n) is 4.60. The molecular formula is C12H17N3O4. The molecule has 2 heterocycles. The molecule has 1 aliphatic heterocycles. The zero-order valence-corrected chi connectivity index (χ0v) is 10.6. The average Bonchev–Trinajstić information content (AvgIpc) is 2.37. The van der Waals surface area contributed by atoms with Crippen LogP contribution in [0.2, 0.25) is 0 Å². The number of pyridine rings is 1. The minimum absolute atomic E-state index is 0.0609. The third kappa shape index (κ3) is 2.94. The van der Waals surface area contributed by atoms with Crippen molar-refractivity contribution in [1.82, 2.24) is 4.98 Å². The number of aromatic nitrogens is 1. The standard InChI is InChI=1S/C12H17N3O4/c1-7-4-15(5-9(6-16)19-7)11-10(12(17)18)2-8(13)3-14-11/h2-3,7,9,16H,4-6,13H2,1H3,(H,17,18). The summed E-state index contributed by atoms with van der Waals surface area (Å²) in [5.41, 5.74) is 5.93. The summed E-state index contributed by atoms with van der Waals surface area (Å²) in [6.45, 7) is 2.68. The second-order valence-corrected chi connectivity index (χ2v) is 4.60. The maximum atomic E-state index is 11.2. The highest BCUT2D eigenvalue weighted by molar-refractivity contribution is 5.94. The summed E-state index contributed by atoms with van der Waals surface area (Å²) in [4.78, 5) is 17.2. The highest BCUT2D eigenvalue weighted by Gasteiger charge is 2.28. The van der Waals surface area contributed by atoms with Gasteiger partial charge >= 0.3 is 5.97 Å². The van der Waals surface area contributed by atoms with Crippen LogP contribution in [0, 0.1) is 0 Å². The van der Waals surface area contributed by atoms with Crippen LogP contribution in [-0.4, -0.2) is 53.1 Å². The third-order valence-corrected chi connectivity index (χ3v) is 2.95. The number of aliphatic hydroxyl groups excluding tert-OH is 1. The van der Waals surface area contributed by atoms with Gasteiger partial charge in [-0.25, -0.2) is 9.78 Å². The molecule has 1 aromatic heterocycles. The summed E-state index contributed by atoms with van der Waals surface area (Å²) in [6.07, 6.45) is 0.979. The van der Waals surface area contributed by atoms with Crippen molar-refractivity contribution in [2.24, 2.45) is 0 Å². The molecule has 2 rings (SSSR count). The molecule has 4 N–H and O–H groups in total. The van der Waals surface area contributed by atoms with Gasteiger partial charge in [-0.2, -0.15) is 0 Å². The van der Waals surface area contributed by atoms with Crippen LogP contribution < -0.4 is 10.6 Å². The van der Waals surface area contributed by atoms with Crippen LogP contribution in [0.5, 0.6) is 0 Å². The van der Waals surface area contributed by atoms with E-state index in [9.17, 15) is 15.0 Å². The highest BCUT2D eigenvalue weighted by Crippen LogP contribution is 2.23. The molecule has 19 heavy (non-hydrogen) atoms. The lowest BCUT2D eigenvalue weighted by Gasteiger charge is -2.37. The lowest BCUT2D eigenvalue weighted by molar-refractivity contribution is -0.0423. The number of anilines is 2. The molecule has 1 aromatic rings. The molecule has 1 fully saturated rings. The molecule has 104 valence electrons. The third-order valence-electron chi connectivity index (χ3n) is 2.95. The summed E-state index contributed by atoms with van der Waals surface area (Å²) in [5.74, 6) is -0.718. The minimum Gasteiger partial charge on any atom is -0.478 e. The average molecular weight is 267 g/mol. The first kappa shape index (κ1) is 13.6. The van der Waals surface area contributed by atoms with E-state index in [1.165, 1.54) is 12.3 Å². The minimum atomic E-state index is -1.07. The fourth-order valence-corrected chi connectivity index (χ4v) is 2.20. The quantitative estimate of drug-likeness (QED) is 0.704. The van der Waals surface area contributed by atoms with Gasteiger partial charge in [0.15, 0.2) is 0 Å². The predicted molar refractivity (Wildman–Crippen MR) is 69.2 cm³/mol. The highest BCUT2D eigenvalue weighted by atomic mass is 16.5. The number of nitrogens with two attached hydrogens (primary N) is 1. The molecule has 0 aliphatic carbocycles. The lowest BCUT2D eigenvalue weighted by atomic mass is 10.1. The Bertz CT molecular complexity index is 480. The summed E-state index contributed by atoms with van der Waals surface area (Å²) < 4.78 is 5.52. The summed E-state index contributed by atoms with van der Waals surface area (Å²) in [6, 6.07) is 1.39.